The first-order valence-corrected chi connectivity index (χ1v) is 11.3. The number of anilines is 1. The van der Waals surface area contributed by atoms with Crippen molar-refractivity contribution in [1.29, 1.82) is 0 Å². The second-order valence-corrected chi connectivity index (χ2v) is 8.76. The molecule has 0 bridgehead atoms. The van der Waals surface area contributed by atoms with Gasteiger partial charge in [0.15, 0.2) is 0 Å². The van der Waals surface area contributed by atoms with E-state index in [0.717, 1.165) is 12.8 Å². The number of hydrogen-bond donors (Lipinski definition) is 2. The number of ether oxygens (including phenoxy) is 1. The van der Waals surface area contributed by atoms with E-state index < -0.39 is 5.91 Å². The van der Waals surface area contributed by atoms with Gasteiger partial charge in [-0.25, -0.2) is 4.68 Å². The van der Waals surface area contributed by atoms with Crippen molar-refractivity contribution in [2.45, 2.75) is 31.8 Å². The number of amides is 2. The molecule has 4 N–H and O–H groups in total. The number of rotatable bonds is 6. The lowest BCUT2D eigenvalue weighted by molar-refractivity contribution is -0.130. The average Bonchev–Trinajstić information content (AvgIpc) is 3.17. The Labute approximate surface area is 202 Å². The molecule has 34 heavy (non-hydrogen) atoms. The van der Waals surface area contributed by atoms with Gasteiger partial charge in [-0.3, -0.25) is 9.59 Å². The fourth-order valence-corrected chi connectivity index (χ4v) is 4.31. The van der Waals surface area contributed by atoms with Crippen LogP contribution in [0.5, 0.6) is 11.5 Å². The molecule has 1 aliphatic rings. The summed E-state index contributed by atoms with van der Waals surface area (Å²) in [5.41, 5.74) is 13.2. The zero-order chi connectivity index (χ0) is 24.4. The molecule has 0 aliphatic carbocycles. The molecule has 4 rings (SSSR count). The normalized spacial score (nSPS) is 17.9. The van der Waals surface area contributed by atoms with Crippen LogP contribution in [-0.2, 0) is 4.79 Å². The van der Waals surface area contributed by atoms with Gasteiger partial charge in [-0.1, -0.05) is 36.4 Å². The highest BCUT2D eigenvalue weighted by atomic mass is 35.5. The summed E-state index contributed by atoms with van der Waals surface area (Å²) < 4.78 is 7.43. The van der Waals surface area contributed by atoms with Crippen LogP contribution in [0.2, 0.25) is 0 Å². The van der Waals surface area contributed by atoms with Crippen molar-refractivity contribution in [2.24, 2.45) is 5.73 Å². The van der Waals surface area contributed by atoms with Crippen molar-refractivity contribution >= 4 is 29.2 Å². The fourth-order valence-electron chi connectivity index (χ4n) is 4.20. The SMILES string of the molecule is C=C(Cl)C(=O)N1CC(n2nc(-c3ccc(Oc4ccccc4)cc3)c(C(N)=O)c2N)CCC1C. The minimum absolute atomic E-state index is 0.00303. The van der Waals surface area contributed by atoms with E-state index in [9.17, 15) is 9.59 Å². The van der Waals surface area contributed by atoms with E-state index >= 15 is 0 Å². The monoisotopic (exact) mass is 479 g/mol. The number of piperidine rings is 1. The highest BCUT2D eigenvalue weighted by Gasteiger charge is 2.33. The maximum Gasteiger partial charge on any atom is 0.265 e. The Kier molecular flexibility index (Phi) is 6.61. The molecule has 3 aromatic rings. The molecule has 2 heterocycles. The van der Waals surface area contributed by atoms with Crippen LogP contribution in [0, 0.1) is 0 Å². The summed E-state index contributed by atoms with van der Waals surface area (Å²) in [5, 5.41) is 4.61. The highest BCUT2D eigenvalue weighted by molar-refractivity contribution is 6.41. The molecular weight excluding hydrogens is 454 g/mol. The Morgan fingerprint density at radius 1 is 1.09 bits per heavy atom. The number of nitrogens with two attached hydrogens (primary N) is 2. The van der Waals surface area contributed by atoms with E-state index in [4.69, 9.17) is 27.8 Å². The summed E-state index contributed by atoms with van der Waals surface area (Å²) in [6.45, 7) is 5.85. The number of aromatic nitrogens is 2. The third-order valence-electron chi connectivity index (χ3n) is 6.00. The molecule has 2 unspecified atom stereocenters. The van der Waals surface area contributed by atoms with Crippen molar-refractivity contribution in [3.05, 3.63) is 71.8 Å². The van der Waals surface area contributed by atoms with E-state index in [1.54, 1.807) is 33.8 Å². The van der Waals surface area contributed by atoms with Crippen LogP contribution >= 0.6 is 11.6 Å². The Morgan fingerprint density at radius 3 is 2.35 bits per heavy atom. The third kappa shape index (κ3) is 4.63. The van der Waals surface area contributed by atoms with E-state index in [-0.39, 0.29) is 34.4 Å². The van der Waals surface area contributed by atoms with E-state index in [1.165, 1.54) is 0 Å². The Hall–Kier alpha value is -3.78. The predicted octanol–water partition coefficient (Wildman–Crippen LogP) is 4.33. The smallest absolute Gasteiger partial charge is 0.265 e. The Balaban J connectivity index is 1.64. The van der Waals surface area contributed by atoms with Crippen molar-refractivity contribution in [3.8, 4) is 22.8 Å². The molecule has 0 spiro atoms. The van der Waals surface area contributed by atoms with Crippen molar-refractivity contribution in [1.82, 2.24) is 14.7 Å². The number of nitrogen functional groups attached to an aromatic ring is 1. The maximum absolute atomic E-state index is 12.5. The minimum atomic E-state index is -0.672. The molecule has 1 aromatic heterocycles. The first-order valence-electron chi connectivity index (χ1n) is 10.9. The molecular formula is C25H26ClN5O3. The zero-order valence-electron chi connectivity index (χ0n) is 18.8. The second-order valence-electron chi connectivity index (χ2n) is 8.30. The topological polar surface area (TPSA) is 116 Å². The predicted molar refractivity (Wildman–Crippen MR) is 132 cm³/mol. The molecule has 1 aliphatic heterocycles. The average molecular weight is 480 g/mol. The third-order valence-corrected chi connectivity index (χ3v) is 6.16. The van der Waals surface area contributed by atoms with Crippen molar-refractivity contribution in [2.75, 3.05) is 12.3 Å². The summed E-state index contributed by atoms with van der Waals surface area (Å²) in [5.74, 6) is 0.527. The van der Waals surface area contributed by atoms with Gasteiger partial charge in [-0.2, -0.15) is 5.10 Å². The van der Waals surface area contributed by atoms with Crippen LogP contribution in [-0.4, -0.2) is 39.1 Å². The van der Waals surface area contributed by atoms with Gasteiger partial charge < -0.3 is 21.1 Å². The van der Waals surface area contributed by atoms with Crippen molar-refractivity contribution in [3.63, 3.8) is 0 Å². The molecule has 8 nitrogen and oxygen atoms in total. The molecule has 2 atom stereocenters. The summed E-state index contributed by atoms with van der Waals surface area (Å²) in [6.07, 6.45) is 1.46. The Bertz CT molecular complexity index is 1220. The van der Waals surface area contributed by atoms with Crippen LogP contribution in [0.4, 0.5) is 5.82 Å². The molecule has 2 aromatic carbocycles. The van der Waals surface area contributed by atoms with Gasteiger partial charge in [-0.15, -0.1) is 0 Å². The largest absolute Gasteiger partial charge is 0.457 e. The van der Waals surface area contributed by atoms with Gasteiger partial charge in [0.2, 0.25) is 0 Å². The number of primary amides is 1. The molecule has 1 fully saturated rings. The van der Waals surface area contributed by atoms with E-state index in [0.29, 0.717) is 29.3 Å². The lowest BCUT2D eigenvalue weighted by Gasteiger charge is -2.38. The Morgan fingerprint density at radius 2 is 1.74 bits per heavy atom. The number of carbonyl (C=O) groups is 2. The van der Waals surface area contributed by atoms with Crippen LogP contribution in [0.25, 0.3) is 11.3 Å². The quantitative estimate of drug-likeness (QED) is 0.510. The number of nitrogens with zero attached hydrogens (tertiary/aromatic N) is 3. The van der Waals surface area contributed by atoms with Crippen LogP contribution in [0.3, 0.4) is 0 Å². The molecule has 0 saturated carbocycles. The molecule has 1 saturated heterocycles. The zero-order valence-corrected chi connectivity index (χ0v) is 19.5. The van der Waals surface area contributed by atoms with Crippen molar-refractivity contribution < 1.29 is 14.3 Å². The first-order chi connectivity index (χ1) is 16.3. The number of benzene rings is 2. The number of likely N-dealkylation sites (tertiary alicyclic amines) is 1. The lowest BCUT2D eigenvalue weighted by atomic mass is 9.99. The van der Waals surface area contributed by atoms with Crippen LogP contribution in [0.15, 0.2) is 66.2 Å². The van der Waals surface area contributed by atoms with E-state index in [2.05, 4.69) is 11.7 Å². The second kappa shape index (κ2) is 9.61. The maximum atomic E-state index is 12.5. The molecule has 176 valence electrons. The molecule has 0 radical (unpaired) electrons. The molecule has 2 amide bonds. The number of hydrogen-bond acceptors (Lipinski definition) is 5. The minimum Gasteiger partial charge on any atom is -0.457 e. The number of carbonyl (C=O) groups excluding carboxylic acids is 2. The van der Waals surface area contributed by atoms with Gasteiger partial charge in [0, 0.05) is 18.2 Å². The summed E-state index contributed by atoms with van der Waals surface area (Å²) in [6, 6.07) is 16.4. The first kappa shape index (κ1) is 23.4. The van der Waals surface area contributed by atoms with Gasteiger partial charge in [0.05, 0.1) is 11.1 Å². The van der Waals surface area contributed by atoms with Gasteiger partial charge in [0.25, 0.3) is 11.8 Å². The van der Waals surface area contributed by atoms with Gasteiger partial charge in [0.1, 0.15) is 28.6 Å². The number of para-hydroxylation sites is 1. The summed E-state index contributed by atoms with van der Waals surface area (Å²) in [4.78, 5) is 26.4. The standard InChI is InChI=1S/C25H26ClN5O3/c1-15-8-11-18(14-30(15)25(33)16(2)26)31-23(27)21(24(28)32)22(29-31)17-9-12-20(13-10-17)34-19-6-4-3-5-7-19/h3-7,9-10,12-13,15,18H,2,8,11,14,27H2,1H3,(H2,28,32). The van der Waals surface area contributed by atoms with E-state index in [1.807, 2.05) is 37.3 Å². The fraction of sp³-hybridized carbons (Fsp3) is 0.240. The van der Waals surface area contributed by atoms with Crippen LogP contribution in [0.1, 0.15) is 36.2 Å². The van der Waals surface area contributed by atoms with Crippen LogP contribution < -0.4 is 16.2 Å². The van der Waals surface area contributed by atoms with Gasteiger partial charge in [-0.05, 0) is 56.2 Å². The summed E-state index contributed by atoms with van der Waals surface area (Å²) >= 11 is 5.86. The lowest BCUT2D eigenvalue weighted by Crippen LogP contribution is -2.46. The van der Waals surface area contributed by atoms with Gasteiger partial charge >= 0.3 is 0 Å². The molecule has 9 heteroatoms. The summed E-state index contributed by atoms with van der Waals surface area (Å²) in [7, 11) is 0. The highest BCUT2D eigenvalue weighted by Crippen LogP contribution is 2.34. The number of halogens is 1.